The zero-order valence-electron chi connectivity index (χ0n) is 6.87. The van der Waals surface area contributed by atoms with E-state index in [9.17, 15) is 5.11 Å². The van der Waals surface area contributed by atoms with Crippen molar-refractivity contribution in [2.75, 3.05) is 6.61 Å². The van der Waals surface area contributed by atoms with Crippen molar-refractivity contribution < 1.29 is 9.84 Å². The molecule has 0 fully saturated rings. The summed E-state index contributed by atoms with van der Waals surface area (Å²) in [4.78, 5) is 0. The molecule has 0 heterocycles. The average Bonchev–Trinajstić information content (AvgIpc) is 2.08. The predicted octanol–water partition coefficient (Wildman–Crippen LogP) is 1.71. The number of hydrogen-bond donors (Lipinski definition) is 1. The smallest absolute Gasteiger partial charge is 0.148 e. The third-order valence-electron chi connectivity index (χ3n) is 1.57. The normalized spacial score (nSPS) is 9.00. The fraction of sp³-hybridized carbons (Fsp3) is 0.200. The van der Waals surface area contributed by atoms with Crippen LogP contribution in [0.3, 0.4) is 0 Å². The number of rotatable bonds is 2. The van der Waals surface area contributed by atoms with Crippen LogP contribution >= 0.6 is 0 Å². The number of hydrogen-bond acceptors (Lipinski definition) is 2. The number of phenolic OH excluding ortho intramolecular Hbond substituents is 1. The Morgan fingerprint density at radius 1 is 1.58 bits per heavy atom. The maximum Gasteiger partial charge on any atom is 0.148 e. The molecule has 0 saturated carbocycles. The Hall–Kier alpha value is -1.62. The van der Waals surface area contributed by atoms with Gasteiger partial charge in [-0.2, -0.15) is 0 Å². The highest BCUT2D eigenvalue weighted by Gasteiger charge is 2.01. The number of ether oxygens (including phenoxy) is 1. The first-order valence-electron chi connectivity index (χ1n) is 3.60. The molecule has 1 rings (SSSR count). The quantitative estimate of drug-likeness (QED) is 0.671. The average molecular weight is 162 g/mol. The summed E-state index contributed by atoms with van der Waals surface area (Å²) in [6, 6.07) is 5.10. The Morgan fingerprint density at radius 2 is 2.33 bits per heavy atom. The van der Waals surface area contributed by atoms with Crippen molar-refractivity contribution in [2.24, 2.45) is 0 Å². The summed E-state index contributed by atoms with van der Waals surface area (Å²) in [5.41, 5.74) is 0.716. The minimum atomic E-state index is 0.226. The summed E-state index contributed by atoms with van der Waals surface area (Å²) in [5, 5.41) is 9.27. The lowest BCUT2D eigenvalue weighted by Crippen LogP contribution is -1.95. The van der Waals surface area contributed by atoms with Crippen LogP contribution in [0.15, 0.2) is 18.2 Å². The van der Waals surface area contributed by atoms with Gasteiger partial charge in [-0.25, -0.2) is 0 Å². The van der Waals surface area contributed by atoms with Gasteiger partial charge in [0.05, 0.1) is 0 Å². The van der Waals surface area contributed by atoms with Crippen molar-refractivity contribution in [3.63, 3.8) is 0 Å². The second-order valence-corrected chi connectivity index (χ2v) is 2.39. The zero-order chi connectivity index (χ0) is 8.97. The van der Waals surface area contributed by atoms with Crippen LogP contribution in [0.2, 0.25) is 0 Å². The maximum atomic E-state index is 9.27. The molecule has 62 valence electrons. The lowest BCUT2D eigenvalue weighted by atomic mass is 10.2. The monoisotopic (exact) mass is 162 g/mol. The molecule has 1 N–H and O–H groups in total. The molecule has 0 aromatic heterocycles. The van der Waals surface area contributed by atoms with E-state index in [4.69, 9.17) is 11.2 Å². The van der Waals surface area contributed by atoms with E-state index in [2.05, 4.69) is 5.92 Å². The van der Waals surface area contributed by atoms with Crippen LogP contribution in [0.1, 0.15) is 5.56 Å². The van der Waals surface area contributed by atoms with E-state index in [1.54, 1.807) is 25.1 Å². The minimum absolute atomic E-state index is 0.226. The van der Waals surface area contributed by atoms with Gasteiger partial charge in [-0.3, -0.25) is 0 Å². The minimum Gasteiger partial charge on any atom is -0.508 e. The summed E-state index contributed by atoms with van der Waals surface area (Å²) in [7, 11) is 0. The van der Waals surface area contributed by atoms with Crippen LogP contribution in [0.5, 0.6) is 11.5 Å². The highest BCUT2D eigenvalue weighted by molar-refractivity contribution is 5.42. The Kier molecular flexibility index (Phi) is 2.60. The zero-order valence-corrected chi connectivity index (χ0v) is 6.87. The van der Waals surface area contributed by atoms with E-state index in [0.717, 1.165) is 0 Å². The lowest BCUT2D eigenvalue weighted by Gasteiger charge is -2.06. The molecular formula is C10H10O2. The number of aromatic hydroxyl groups is 1. The summed E-state index contributed by atoms with van der Waals surface area (Å²) >= 11 is 0. The maximum absolute atomic E-state index is 9.27. The van der Waals surface area contributed by atoms with Crippen LogP contribution in [0, 0.1) is 19.3 Å². The van der Waals surface area contributed by atoms with Gasteiger partial charge in [-0.1, -0.05) is 12.0 Å². The van der Waals surface area contributed by atoms with Crippen molar-refractivity contribution in [3.05, 3.63) is 23.8 Å². The standard InChI is InChI=1S/C10H10O2/c1-3-7-12-10-6-4-5-9(11)8(10)2/h1,4-6,11H,7H2,2H3. The van der Waals surface area contributed by atoms with Crippen molar-refractivity contribution in [3.8, 4) is 23.8 Å². The van der Waals surface area contributed by atoms with Crippen LogP contribution in [0.25, 0.3) is 0 Å². The van der Waals surface area contributed by atoms with E-state index in [1.807, 2.05) is 0 Å². The molecule has 0 saturated heterocycles. The van der Waals surface area contributed by atoms with Gasteiger partial charge in [0.15, 0.2) is 0 Å². The number of terminal acetylenes is 1. The third-order valence-corrected chi connectivity index (χ3v) is 1.57. The molecular weight excluding hydrogens is 152 g/mol. The van der Waals surface area contributed by atoms with Crippen LogP contribution in [0.4, 0.5) is 0 Å². The van der Waals surface area contributed by atoms with Crippen LogP contribution in [-0.4, -0.2) is 11.7 Å². The summed E-state index contributed by atoms with van der Waals surface area (Å²) in [6.07, 6.45) is 5.03. The van der Waals surface area contributed by atoms with E-state index in [0.29, 0.717) is 11.3 Å². The number of phenols is 1. The fourth-order valence-corrected chi connectivity index (χ4v) is 0.879. The molecule has 0 unspecified atom stereocenters. The van der Waals surface area contributed by atoms with Gasteiger partial charge in [0, 0.05) is 5.56 Å². The third kappa shape index (κ3) is 1.70. The van der Waals surface area contributed by atoms with Crippen LogP contribution in [-0.2, 0) is 0 Å². The molecule has 2 heteroatoms. The van der Waals surface area contributed by atoms with Gasteiger partial charge < -0.3 is 9.84 Å². The highest BCUT2D eigenvalue weighted by atomic mass is 16.5. The molecule has 0 aliphatic rings. The van der Waals surface area contributed by atoms with Gasteiger partial charge in [0.25, 0.3) is 0 Å². The lowest BCUT2D eigenvalue weighted by molar-refractivity contribution is 0.363. The number of benzene rings is 1. The van der Waals surface area contributed by atoms with Gasteiger partial charge in [-0.15, -0.1) is 6.42 Å². The Labute approximate surface area is 71.8 Å². The van der Waals surface area contributed by atoms with Crippen molar-refractivity contribution >= 4 is 0 Å². The Balaban J connectivity index is 2.86. The molecule has 0 atom stereocenters. The molecule has 0 aliphatic carbocycles. The van der Waals surface area contributed by atoms with Crippen molar-refractivity contribution in [1.29, 1.82) is 0 Å². The fourth-order valence-electron chi connectivity index (χ4n) is 0.879. The first kappa shape index (κ1) is 8.48. The van der Waals surface area contributed by atoms with Crippen molar-refractivity contribution in [1.82, 2.24) is 0 Å². The Morgan fingerprint density at radius 3 is 3.00 bits per heavy atom. The topological polar surface area (TPSA) is 29.5 Å². The van der Waals surface area contributed by atoms with E-state index >= 15 is 0 Å². The summed E-state index contributed by atoms with van der Waals surface area (Å²) in [6.45, 7) is 2.01. The molecule has 1 aromatic carbocycles. The van der Waals surface area contributed by atoms with E-state index in [-0.39, 0.29) is 12.4 Å². The molecule has 2 nitrogen and oxygen atoms in total. The second kappa shape index (κ2) is 3.68. The van der Waals surface area contributed by atoms with Crippen LogP contribution < -0.4 is 4.74 Å². The van der Waals surface area contributed by atoms with Gasteiger partial charge in [0.1, 0.15) is 18.1 Å². The first-order chi connectivity index (χ1) is 5.75. The molecule has 0 spiro atoms. The van der Waals surface area contributed by atoms with Crippen molar-refractivity contribution in [2.45, 2.75) is 6.92 Å². The molecule has 0 bridgehead atoms. The largest absolute Gasteiger partial charge is 0.508 e. The Bertz CT molecular complexity index is 310. The van der Waals surface area contributed by atoms with Gasteiger partial charge >= 0.3 is 0 Å². The SMILES string of the molecule is C#CCOc1cccc(O)c1C. The molecule has 1 aromatic rings. The molecule has 0 aliphatic heterocycles. The molecule has 12 heavy (non-hydrogen) atoms. The molecule has 0 radical (unpaired) electrons. The van der Waals surface area contributed by atoms with E-state index < -0.39 is 0 Å². The predicted molar refractivity (Wildman–Crippen MR) is 47.2 cm³/mol. The molecule has 0 amide bonds. The highest BCUT2D eigenvalue weighted by Crippen LogP contribution is 2.25. The summed E-state index contributed by atoms with van der Waals surface area (Å²) < 4.78 is 5.17. The van der Waals surface area contributed by atoms with Gasteiger partial charge in [0.2, 0.25) is 0 Å². The first-order valence-corrected chi connectivity index (χ1v) is 3.60. The van der Waals surface area contributed by atoms with E-state index in [1.165, 1.54) is 0 Å². The second-order valence-electron chi connectivity index (χ2n) is 2.39. The van der Waals surface area contributed by atoms with Gasteiger partial charge in [-0.05, 0) is 19.1 Å². The summed E-state index contributed by atoms with van der Waals surface area (Å²) in [5.74, 6) is 3.22.